The first-order valence-corrected chi connectivity index (χ1v) is 9.06. The molecule has 0 saturated heterocycles. The van der Waals surface area contributed by atoms with Gasteiger partial charge in [0.2, 0.25) is 0 Å². The Balaban J connectivity index is 1.57. The number of carbonyl (C=O) groups is 1. The molecule has 0 spiro atoms. The summed E-state index contributed by atoms with van der Waals surface area (Å²) >= 11 is 3.41. The first-order chi connectivity index (χ1) is 12.6. The van der Waals surface area contributed by atoms with Gasteiger partial charge in [0.25, 0.3) is 5.91 Å². The Morgan fingerprint density at radius 1 is 1.19 bits per heavy atom. The highest BCUT2D eigenvalue weighted by atomic mass is 79.9. The number of aromatic nitrogens is 2. The summed E-state index contributed by atoms with van der Waals surface area (Å²) in [6.45, 7) is 0.564. The van der Waals surface area contributed by atoms with Crippen molar-refractivity contribution in [3.63, 3.8) is 0 Å². The topological polar surface area (TPSA) is 56.1 Å². The number of halogens is 1. The minimum atomic E-state index is -0.122. The second kappa shape index (κ2) is 8.19. The molecule has 0 saturated carbocycles. The first kappa shape index (κ1) is 18.2. The van der Waals surface area contributed by atoms with Gasteiger partial charge in [-0.3, -0.25) is 9.48 Å². The van der Waals surface area contributed by atoms with E-state index < -0.39 is 0 Å². The molecule has 0 radical (unpaired) electrons. The maximum Gasteiger partial charge on any atom is 0.252 e. The van der Waals surface area contributed by atoms with Crippen LogP contribution in [0, 0.1) is 0 Å². The van der Waals surface area contributed by atoms with Crippen molar-refractivity contribution < 1.29 is 9.53 Å². The molecule has 5 nitrogen and oxygen atoms in total. The molecule has 0 aliphatic rings. The van der Waals surface area contributed by atoms with Crippen LogP contribution < -0.4 is 10.1 Å². The highest BCUT2D eigenvalue weighted by Gasteiger charge is 2.11. The van der Waals surface area contributed by atoms with Crippen molar-refractivity contribution in [2.75, 3.05) is 13.7 Å². The van der Waals surface area contributed by atoms with Crippen molar-refractivity contribution in [3.05, 3.63) is 70.5 Å². The van der Waals surface area contributed by atoms with Gasteiger partial charge in [-0.1, -0.05) is 24.3 Å². The molecule has 0 atom stereocenters. The molecule has 0 fully saturated rings. The number of benzene rings is 2. The second-order valence-electron chi connectivity index (χ2n) is 5.95. The molecule has 0 bridgehead atoms. The third kappa shape index (κ3) is 4.32. The van der Waals surface area contributed by atoms with E-state index in [0.717, 1.165) is 22.0 Å². The molecule has 1 aromatic heterocycles. The Morgan fingerprint density at radius 3 is 2.62 bits per heavy atom. The first-order valence-electron chi connectivity index (χ1n) is 8.26. The number of nitrogens with zero attached hydrogens (tertiary/aromatic N) is 2. The van der Waals surface area contributed by atoms with E-state index in [-0.39, 0.29) is 5.91 Å². The number of hydrogen-bond acceptors (Lipinski definition) is 3. The van der Waals surface area contributed by atoms with E-state index in [1.807, 2.05) is 31.6 Å². The summed E-state index contributed by atoms with van der Waals surface area (Å²) in [7, 11) is 3.49. The molecule has 1 amide bonds. The Hall–Kier alpha value is -2.60. The average molecular weight is 414 g/mol. The normalized spacial score (nSPS) is 10.6. The predicted molar refractivity (Wildman–Crippen MR) is 105 cm³/mol. The number of aryl methyl sites for hydroxylation is 1. The Morgan fingerprint density at radius 2 is 1.96 bits per heavy atom. The van der Waals surface area contributed by atoms with E-state index in [4.69, 9.17) is 4.74 Å². The van der Waals surface area contributed by atoms with Crippen LogP contribution in [0.5, 0.6) is 5.75 Å². The summed E-state index contributed by atoms with van der Waals surface area (Å²) in [6, 6.07) is 13.7. The van der Waals surface area contributed by atoms with Crippen molar-refractivity contribution >= 4 is 21.8 Å². The maximum atomic E-state index is 12.4. The number of ether oxygens (including phenoxy) is 1. The lowest BCUT2D eigenvalue weighted by molar-refractivity contribution is 0.0953. The summed E-state index contributed by atoms with van der Waals surface area (Å²) in [4.78, 5) is 12.4. The zero-order valence-electron chi connectivity index (χ0n) is 14.7. The minimum absolute atomic E-state index is 0.122. The lowest BCUT2D eigenvalue weighted by atomic mass is 10.1. The highest BCUT2D eigenvalue weighted by Crippen LogP contribution is 2.22. The molecule has 1 heterocycles. The van der Waals surface area contributed by atoms with Crippen LogP contribution in [-0.4, -0.2) is 29.3 Å². The Bertz CT molecular complexity index is 904. The Kier molecular flexibility index (Phi) is 5.73. The molecular weight excluding hydrogens is 394 g/mol. The summed E-state index contributed by atoms with van der Waals surface area (Å²) < 4.78 is 7.71. The van der Waals surface area contributed by atoms with Crippen molar-refractivity contribution in [2.45, 2.75) is 6.42 Å². The van der Waals surface area contributed by atoms with Crippen molar-refractivity contribution in [3.8, 4) is 16.9 Å². The quantitative estimate of drug-likeness (QED) is 0.667. The van der Waals surface area contributed by atoms with Gasteiger partial charge in [0.05, 0.1) is 18.9 Å². The van der Waals surface area contributed by atoms with Gasteiger partial charge in [0.1, 0.15) is 5.75 Å². The standard InChI is InChI=1S/C20H20BrN3O2/c1-24-13-16(12-23-24)15-5-3-14(4-6-15)9-10-22-20(25)18-11-17(26-2)7-8-19(18)21/h3-8,11-13H,9-10H2,1-2H3,(H,22,25). The van der Waals surface area contributed by atoms with Crippen LogP contribution in [0.2, 0.25) is 0 Å². The molecule has 0 aliphatic heterocycles. The summed E-state index contributed by atoms with van der Waals surface area (Å²) in [5, 5.41) is 7.14. The molecule has 6 heteroatoms. The minimum Gasteiger partial charge on any atom is -0.497 e. The largest absolute Gasteiger partial charge is 0.497 e. The van der Waals surface area contributed by atoms with E-state index in [9.17, 15) is 4.79 Å². The maximum absolute atomic E-state index is 12.4. The van der Waals surface area contributed by atoms with Crippen LogP contribution in [0.4, 0.5) is 0 Å². The molecular formula is C20H20BrN3O2. The van der Waals surface area contributed by atoms with Crippen LogP contribution in [0.3, 0.4) is 0 Å². The van der Waals surface area contributed by atoms with Crippen molar-refractivity contribution in [1.82, 2.24) is 15.1 Å². The SMILES string of the molecule is COc1ccc(Br)c(C(=O)NCCc2ccc(-c3cnn(C)c3)cc2)c1. The molecule has 26 heavy (non-hydrogen) atoms. The molecule has 0 unspecified atom stereocenters. The van der Waals surface area contributed by atoms with E-state index in [0.29, 0.717) is 17.9 Å². The number of amides is 1. The van der Waals surface area contributed by atoms with Gasteiger partial charge in [-0.15, -0.1) is 0 Å². The second-order valence-corrected chi connectivity index (χ2v) is 6.81. The van der Waals surface area contributed by atoms with Gasteiger partial charge in [0, 0.05) is 29.8 Å². The zero-order valence-corrected chi connectivity index (χ0v) is 16.3. The van der Waals surface area contributed by atoms with Crippen LogP contribution in [0.15, 0.2) is 59.3 Å². The van der Waals surface area contributed by atoms with E-state index in [1.165, 1.54) is 5.56 Å². The fourth-order valence-corrected chi connectivity index (χ4v) is 3.08. The van der Waals surface area contributed by atoms with E-state index in [1.54, 1.807) is 17.9 Å². The molecule has 3 rings (SSSR count). The molecule has 2 aromatic carbocycles. The van der Waals surface area contributed by atoms with Gasteiger partial charge in [-0.2, -0.15) is 5.10 Å². The summed E-state index contributed by atoms with van der Waals surface area (Å²) in [6.07, 6.45) is 4.60. The summed E-state index contributed by atoms with van der Waals surface area (Å²) in [5.74, 6) is 0.534. The predicted octanol–water partition coefficient (Wildman–Crippen LogP) is 3.83. The van der Waals surface area contributed by atoms with Crippen LogP contribution >= 0.6 is 15.9 Å². The van der Waals surface area contributed by atoms with E-state index >= 15 is 0 Å². The molecule has 1 N–H and O–H groups in total. The monoisotopic (exact) mass is 413 g/mol. The van der Waals surface area contributed by atoms with Gasteiger partial charge in [0.15, 0.2) is 0 Å². The fraction of sp³-hybridized carbons (Fsp3) is 0.200. The van der Waals surface area contributed by atoms with Crippen molar-refractivity contribution in [2.24, 2.45) is 7.05 Å². The lowest BCUT2D eigenvalue weighted by Gasteiger charge is -2.09. The number of carbonyl (C=O) groups excluding carboxylic acids is 1. The van der Waals surface area contributed by atoms with E-state index in [2.05, 4.69) is 50.6 Å². The third-order valence-electron chi connectivity index (χ3n) is 4.11. The van der Waals surface area contributed by atoms with Gasteiger partial charge in [-0.25, -0.2) is 0 Å². The van der Waals surface area contributed by atoms with Gasteiger partial charge < -0.3 is 10.1 Å². The number of hydrogen-bond donors (Lipinski definition) is 1. The molecule has 134 valence electrons. The average Bonchev–Trinajstić information content (AvgIpc) is 3.09. The zero-order chi connectivity index (χ0) is 18.5. The fourth-order valence-electron chi connectivity index (χ4n) is 2.66. The Labute approximate surface area is 161 Å². The van der Waals surface area contributed by atoms with Gasteiger partial charge >= 0.3 is 0 Å². The van der Waals surface area contributed by atoms with Crippen molar-refractivity contribution in [1.29, 1.82) is 0 Å². The van der Waals surface area contributed by atoms with Gasteiger partial charge in [-0.05, 0) is 51.7 Å². The third-order valence-corrected chi connectivity index (χ3v) is 4.80. The number of nitrogens with one attached hydrogen (secondary N) is 1. The summed E-state index contributed by atoms with van der Waals surface area (Å²) in [5.41, 5.74) is 3.96. The van der Waals surface area contributed by atoms with Crippen LogP contribution in [0.25, 0.3) is 11.1 Å². The van der Waals surface area contributed by atoms with Crippen LogP contribution in [-0.2, 0) is 13.5 Å². The number of methoxy groups -OCH3 is 1. The lowest BCUT2D eigenvalue weighted by Crippen LogP contribution is -2.26. The number of rotatable bonds is 6. The highest BCUT2D eigenvalue weighted by molar-refractivity contribution is 9.10. The molecule has 3 aromatic rings. The van der Waals surface area contributed by atoms with Crippen LogP contribution in [0.1, 0.15) is 15.9 Å². The smallest absolute Gasteiger partial charge is 0.252 e. The molecule has 0 aliphatic carbocycles.